The van der Waals surface area contributed by atoms with Crippen LogP contribution in [0.1, 0.15) is 43.7 Å². The molecule has 0 aliphatic rings. The fourth-order valence-electron chi connectivity index (χ4n) is 1.51. The lowest BCUT2D eigenvalue weighted by Crippen LogP contribution is -2.27. The summed E-state index contributed by atoms with van der Waals surface area (Å²) in [7, 11) is 0. The normalized spacial score (nSPS) is 11.0. The molecule has 2 N–H and O–H groups in total. The fourth-order valence-corrected chi connectivity index (χ4v) is 1.51. The number of anilines is 1. The monoisotopic (exact) mass is 268 g/mol. The molecule has 106 valence electrons. The number of hydrogen-bond donors (Lipinski definition) is 2. The third-order valence-electron chi connectivity index (χ3n) is 2.19. The van der Waals surface area contributed by atoms with E-state index in [9.17, 15) is 9.59 Å². The maximum absolute atomic E-state index is 11.8. The van der Waals surface area contributed by atoms with Crippen molar-refractivity contribution in [1.82, 2.24) is 4.98 Å². The van der Waals surface area contributed by atoms with Crippen LogP contribution in [0.5, 0.6) is 0 Å². The predicted molar refractivity (Wildman–Crippen MR) is 71.3 cm³/mol. The Bertz CT molecular complexity index is 471. The number of rotatable bonds is 3. The molecular formula is C13H20N2O4. The van der Waals surface area contributed by atoms with Gasteiger partial charge in [-0.05, 0) is 34.6 Å². The number of esters is 1. The smallest absolute Gasteiger partial charge is 0.412 e. The minimum absolute atomic E-state index is 0.273. The van der Waals surface area contributed by atoms with Crippen LogP contribution in [0.15, 0.2) is 6.20 Å². The van der Waals surface area contributed by atoms with E-state index >= 15 is 0 Å². The van der Waals surface area contributed by atoms with E-state index in [1.165, 1.54) is 6.20 Å². The number of hydrogen-bond acceptors (Lipinski definition) is 4. The van der Waals surface area contributed by atoms with Crippen molar-refractivity contribution < 1.29 is 19.1 Å². The molecule has 1 rings (SSSR count). The molecule has 0 saturated carbocycles. The molecule has 0 aliphatic heterocycles. The molecule has 0 aromatic carbocycles. The number of carbonyl (C=O) groups excluding carboxylic acids is 2. The Kier molecular flexibility index (Phi) is 4.58. The summed E-state index contributed by atoms with van der Waals surface area (Å²) in [5.41, 5.74) is 0.696. The first-order valence-electron chi connectivity index (χ1n) is 6.09. The molecule has 1 amide bonds. The second-order valence-corrected chi connectivity index (χ2v) is 5.05. The zero-order valence-corrected chi connectivity index (χ0v) is 11.9. The van der Waals surface area contributed by atoms with Crippen molar-refractivity contribution in [3.63, 3.8) is 0 Å². The molecule has 6 nitrogen and oxygen atoms in total. The summed E-state index contributed by atoms with van der Waals surface area (Å²) in [5.74, 6) is -0.479. The minimum Gasteiger partial charge on any atom is -0.462 e. The average molecular weight is 268 g/mol. The quantitative estimate of drug-likeness (QED) is 0.826. The lowest BCUT2D eigenvalue weighted by molar-refractivity contribution is 0.0527. The van der Waals surface area contributed by atoms with Crippen molar-refractivity contribution in [1.29, 1.82) is 0 Å². The Hall–Kier alpha value is -1.98. The fraction of sp³-hybridized carbons (Fsp3) is 0.538. The first-order valence-corrected chi connectivity index (χ1v) is 6.09. The van der Waals surface area contributed by atoms with Crippen molar-refractivity contribution in [3.8, 4) is 0 Å². The summed E-state index contributed by atoms with van der Waals surface area (Å²) >= 11 is 0. The molecule has 0 fully saturated rings. The van der Waals surface area contributed by atoms with Gasteiger partial charge in [0.1, 0.15) is 11.2 Å². The van der Waals surface area contributed by atoms with Gasteiger partial charge in [0.2, 0.25) is 0 Å². The number of aryl methyl sites for hydroxylation is 1. The molecule has 0 saturated heterocycles. The molecule has 0 bridgehead atoms. The Morgan fingerprint density at radius 3 is 2.53 bits per heavy atom. The van der Waals surface area contributed by atoms with E-state index in [4.69, 9.17) is 9.47 Å². The summed E-state index contributed by atoms with van der Waals surface area (Å²) in [5, 5.41) is 2.53. The molecule has 0 radical (unpaired) electrons. The van der Waals surface area contributed by atoms with Crippen molar-refractivity contribution in [2.24, 2.45) is 0 Å². The zero-order valence-electron chi connectivity index (χ0n) is 11.9. The average Bonchev–Trinajstić information content (AvgIpc) is 2.57. The number of amides is 1. The van der Waals surface area contributed by atoms with E-state index in [1.54, 1.807) is 34.6 Å². The van der Waals surface area contributed by atoms with Crippen LogP contribution in [-0.2, 0) is 9.47 Å². The SMILES string of the molecule is CCOC(=O)c1c(NC(=O)OC(C)(C)C)c[nH]c1C. The Labute approximate surface area is 112 Å². The number of ether oxygens (including phenoxy) is 2. The van der Waals surface area contributed by atoms with E-state index < -0.39 is 17.7 Å². The van der Waals surface area contributed by atoms with Gasteiger partial charge in [-0.25, -0.2) is 9.59 Å². The van der Waals surface area contributed by atoms with Crippen molar-refractivity contribution in [3.05, 3.63) is 17.5 Å². The molecule has 0 spiro atoms. The lowest BCUT2D eigenvalue weighted by atomic mass is 10.2. The molecule has 1 aromatic heterocycles. The third-order valence-corrected chi connectivity index (χ3v) is 2.19. The van der Waals surface area contributed by atoms with E-state index in [-0.39, 0.29) is 6.61 Å². The van der Waals surface area contributed by atoms with E-state index in [0.29, 0.717) is 16.9 Å². The first-order chi connectivity index (χ1) is 8.74. The maximum Gasteiger partial charge on any atom is 0.412 e. The highest BCUT2D eigenvalue weighted by atomic mass is 16.6. The van der Waals surface area contributed by atoms with Crippen molar-refractivity contribution >= 4 is 17.7 Å². The first kappa shape index (κ1) is 15.1. The standard InChI is InChI=1S/C13H20N2O4/c1-6-18-11(16)10-8(2)14-7-9(10)15-12(17)19-13(3,4)5/h7,14H,6H2,1-5H3,(H,15,17). The van der Waals surface area contributed by atoms with E-state index in [0.717, 1.165) is 0 Å². The Morgan fingerprint density at radius 2 is 2.00 bits per heavy atom. The highest BCUT2D eigenvalue weighted by molar-refractivity contribution is 6.00. The molecule has 1 aromatic rings. The van der Waals surface area contributed by atoms with Crippen LogP contribution in [0.2, 0.25) is 0 Å². The molecule has 1 heterocycles. The number of nitrogens with one attached hydrogen (secondary N) is 2. The second-order valence-electron chi connectivity index (χ2n) is 5.05. The van der Waals surface area contributed by atoms with Gasteiger partial charge in [0.15, 0.2) is 0 Å². The van der Waals surface area contributed by atoms with Crippen LogP contribution in [0.25, 0.3) is 0 Å². The third kappa shape index (κ3) is 4.31. The largest absolute Gasteiger partial charge is 0.462 e. The van der Waals surface area contributed by atoms with Crippen LogP contribution in [0, 0.1) is 6.92 Å². The predicted octanol–water partition coefficient (Wildman–Crippen LogP) is 2.85. The van der Waals surface area contributed by atoms with Crippen LogP contribution < -0.4 is 5.32 Å². The number of aromatic amines is 1. The van der Waals surface area contributed by atoms with Gasteiger partial charge < -0.3 is 14.5 Å². The summed E-state index contributed by atoms with van der Waals surface area (Å²) in [6.45, 7) is 9.02. The van der Waals surface area contributed by atoms with Crippen LogP contribution in [0.3, 0.4) is 0 Å². The van der Waals surface area contributed by atoms with Crippen LogP contribution in [-0.4, -0.2) is 29.3 Å². The summed E-state index contributed by atoms with van der Waals surface area (Å²) in [6.07, 6.45) is 0.919. The van der Waals surface area contributed by atoms with Gasteiger partial charge in [0.25, 0.3) is 0 Å². The molecule has 0 atom stereocenters. The summed E-state index contributed by atoms with van der Waals surface area (Å²) in [6, 6.07) is 0. The molecule has 0 aliphatic carbocycles. The van der Waals surface area contributed by atoms with Crippen LogP contribution >= 0.6 is 0 Å². The van der Waals surface area contributed by atoms with Gasteiger partial charge in [-0.2, -0.15) is 0 Å². The zero-order chi connectivity index (χ0) is 14.6. The van der Waals surface area contributed by atoms with Gasteiger partial charge in [0.05, 0.1) is 12.3 Å². The van der Waals surface area contributed by atoms with E-state index in [2.05, 4.69) is 10.3 Å². The summed E-state index contributed by atoms with van der Waals surface area (Å²) < 4.78 is 10.1. The second kappa shape index (κ2) is 5.77. The number of aromatic nitrogens is 1. The Morgan fingerprint density at radius 1 is 1.37 bits per heavy atom. The lowest BCUT2D eigenvalue weighted by Gasteiger charge is -2.19. The van der Waals surface area contributed by atoms with E-state index in [1.807, 2.05) is 0 Å². The van der Waals surface area contributed by atoms with Crippen molar-refractivity contribution in [2.75, 3.05) is 11.9 Å². The summed E-state index contributed by atoms with van der Waals surface area (Å²) in [4.78, 5) is 26.3. The van der Waals surface area contributed by atoms with Gasteiger partial charge in [-0.1, -0.05) is 0 Å². The topological polar surface area (TPSA) is 80.4 Å². The van der Waals surface area contributed by atoms with Gasteiger partial charge >= 0.3 is 12.1 Å². The number of H-pyrrole nitrogens is 1. The highest BCUT2D eigenvalue weighted by Crippen LogP contribution is 2.21. The van der Waals surface area contributed by atoms with Crippen LogP contribution in [0.4, 0.5) is 10.5 Å². The minimum atomic E-state index is -0.614. The maximum atomic E-state index is 11.8. The molecule has 19 heavy (non-hydrogen) atoms. The van der Waals surface area contributed by atoms with Gasteiger partial charge in [-0.3, -0.25) is 5.32 Å². The molecular weight excluding hydrogens is 248 g/mol. The Balaban J connectivity index is 2.85. The molecule has 0 unspecified atom stereocenters. The van der Waals surface area contributed by atoms with Gasteiger partial charge in [-0.15, -0.1) is 0 Å². The number of carbonyl (C=O) groups is 2. The van der Waals surface area contributed by atoms with Gasteiger partial charge in [0, 0.05) is 11.9 Å². The van der Waals surface area contributed by atoms with Crippen molar-refractivity contribution in [2.45, 2.75) is 40.2 Å². The molecule has 6 heteroatoms. The highest BCUT2D eigenvalue weighted by Gasteiger charge is 2.22.